The molecule has 2 nitrogen and oxygen atoms in total. The lowest BCUT2D eigenvalue weighted by Gasteiger charge is -2.37. The average molecular weight is 322 g/mol. The fourth-order valence-electron chi connectivity index (χ4n) is 3.16. The number of alkyl halides is 6. The second kappa shape index (κ2) is 4.72. The summed E-state index contributed by atoms with van der Waals surface area (Å²) < 4.78 is 92.7. The monoisotopic (exact) mass is 322 g/mol. The quantitative estimate of drug-likeness (QED) is 0.489. The van der Waals surface area contributed by atoms with E-state index in [-0.39, 0.29) is 18.3 Å². The zero-order valence-corrected chi connectivity index (χ0v) is 10.9. The summed E-state index contributed by atoms with van der Waals surface area (Å²) in [5.74, 6) is -1.26. The Morgan fingerprint density at radius 2 is 1.60 bits per heavy atom. The minimum atomic E-state index is -5.82. The highest BCUT2D eigenvalue weighted by molar-refractivity contribution is 7.81. The smallest absolute Gasteiger partial charge is 0.305 e. The average Bonchev–Trinajstić information content (AvgIpc) is 2.82. The molecule has 0 aliphatic heterocycles. The lowest BCUT2D eigenvalue weighted by atomic mass is 9.84. The molecule has 0 radical (unpaired) electrons. The van der Waals surface area contributed by atoms with Gasteiger partial charge in [0.05, 0.1) is 0 Å². The van der Waals surface area contributed by atoms with Crippen LogP contribution in [-0.2, 0) is 11.1 Å². The molecule has 0 spiro atoms. The molecule has 0 aromatic rings. The van der Waals surface area contributed by atoms with Gasteiger partial charge in [0.2, 0.25) is 0 Å². The standard InChI is InChI=1S/C11H12F6O2S/c12-10(13,14)9(20(18)19,11(15,16)17)5-8-4-6-1-2-7(8)3-6/h1-2,6-8H,3-5H2,(H,18,19). The van der Waals surface area contributed by atoms with Crippen molar-refractivity contribution in [2.45, 2.75) is 36.4 Å². The predicted molar refractivity (Wildman–Crippen MR) is 59.1 cm³/mol. The third-order valence-corrected chi connectivity index (χ3v) is 5.41. The Bertz CT molecular complexity index is 427. The van der Waals surface area contributed by atoms with Crippen LogP contribution in [0.1, 0.15) is 19.3 Å². The topological polar surface area (TPSA) is 37.3 Å². The van der Waals surface area contributed by atoms with E-state index in [1.807, 2.05) is 0 Å². The van der Waals surface area contributed by atoms with E-state index < -0.39 is 40.5 Å². The van der Waals surface area contributed by atoms with Crippen molar-refractivity contribution in [1.29, 1.82) is 0 Å². The first kappa shape index (κ1) is 15.8. The number of allylic oxidation sites excluding steroid dienone is 2. The maximum Gasteiger partial charge on any atom is 0.416 e. The van der Waals surface area contributed by atoms with Crippen molar-refractivity contribution in [1.82, 2.24) is 0 Å². The molecule has 116 valence electrons. The minimum absolute atomic E-state index is 0.0173. The van der Waals surface area contributed by atoms with Crippen molar-refractivity contribution in [3.63, 3.8) is 0 Å². The molecule has 0 aromatic carbocycles. The number of hydrogen-bond donors (Lipinski definition) is 1. The fourth-order valence-corrected chi connectivity index (χ4v) is 3.91. The van der Waals surface area contributed by atoms with Gasteiger partial charge in [0, 0.05) is 0 Å². The highest BCUT2D eigenvalue weighted by atomic mass is 32.2. The number of rotatable bonds is 3. The van der Waals surface area contributed by atoms with Gasteiger partial charge in [0.15, 0.2) is 11.1 Å². The summed E-state index contributed by atoms with van der Waals surface area (Å²) in [5, 5.41) is 0. The first-order valence-corrected chi connectivity index (χ1v) is 7.02. The molecule has 0 saturated heterocycles. The van der Waals surface area contributed by atoms with E-state index in [0.29, 0.717) is 6.42 Å². The van der Waals surface area contributed by atoms with Crippen LogP contribution in [0.4, 0.5) is 26.3 Å². The molecule has 0 aromatic heterocycles. The fraction of sp³-hybridized carbons (Fsp3) is 0.818. The largest absolute Gasteiger partial charge is 0.416 e. The van der Waals surface area contributed by atoms with Crippen molar-refractivity contribution in [2.24, 2.45) is 17.8 Å². The number of hydrogen-bond acceptors (Lipinski definition) is 1. The van der Waals surface area contributed by atoms with Gasteiger partial charge >= 0.3 is 12.4 Å². The zero-order valence-electron chi connectivity index (χ0n) is 10.0. The molecule has 1 saturated carbocycles. The van der Waals surface area contributed by atoms with Gasteiger partial charge in [0.25, 0.3) is 4.75 Å². The molecule has 4 atom stereocenters. The molecule has 1 fully saturated rings. The lowest BCUT2D eigenvalue weighted by Crippen LogP contribution is -2.60. The van der Waals surface area contributed by atoms with Gasteiger partial charge in [-0.2, -0.15) is 26.3 Å². The van der Waals surface area contributed by atoms with Gasteiger partial charge in [-0.3, -0.25) is 0 Å². The first-order valence-electron chi connectivity index (χ1n) is 5.92. The predicted octanol–water partition coefficient (Wildman–Crippen LogP) is 3.67. The van der Waals surface area contributed by atoms with Crippen LogP contribution >= 0.6 is 0 Å². The Balaban J connectivity index is 2.37. The third kappa shape index (κ3) is 2.28. The van der Waals surface area contributed by atoms with Crippen molar-refractivity contribution in [3.8, 4) is 0 Å². The van der Waals surface area contributed by atoms with Crippen LogP contribution in [0.25, 0.3) is 0 Å². The summed E-state index contributed by atoms with van der Waals surface area (Å²) in [7, 11) is 0. The summed E-state index contributed by atoms with van der Waals surface area (Å²) in [6, 6.07) is 0. The van der Waals surface area contributed by atoms with Gasteiger partial charge in [-0.15, -0.1) is 0 Å². The molecule has 20 heavy (non-hydrogen) atoms. The molecule has 2 rings (SSSR count). The third-order valence-electron chi connectivity index (χ3n) is 4.18. The SMILES string of the molecule is O=S(O)C(CC1CC2C=CC1C2)(C(F)(F)F)C(F)(F)F. The lowest BCUT2D eigenvalue weighted by molar-refractivity contribution is -0.271. The molecule has 2 bridgehead atoms. The van der Waals surface area contributed by atoms with E-state index >= 15 is 0 Å². The molecule has 0 amide bonds. The molecule has 9 heteroatoms. The van der Waals surface area contributed by atoms with Crippen LogP contribution < -0.4 is 0 Å². The van der Waals surface area contributed by atoms with Gasteiger partial charge < -0.3 is 4.55 Å². The number of fused-ring (bicyclic) bond motifs is 2. The second-order valence-corrected chi connectivity index (χ2v) is 6.51. The van der Waals surface area contributed by atoms with E-state index in [0.717, 1.165) is 0 Å². The van der Waals surface area contributed by atoms with Gasteiger partial charge in [-0.05, 0) is 37.0 Å². The van der Waals surface area contributed by atoms with Crippen LogP contribution in [0.5, 0.6) is 0 Å². The molecule has 0 heterocycles. The Kier molecular flexibility index (Phi) is 3.73. The second-order valence-electron chi connectivity index (χ2n) is 5.32. The first-order chi connectivity index (χ1) is 8.99. The van der Waals surface area contributed by atoms with Gasteiger partial charge in [-0.1, -0.05) is 12.2 Å². The number of halogens is 6. The summed E-state index contributed by atoms with van der Waals surface area (Å²) in [4.78, 5) is 0. The summed E-state index contributed by atoms with van der Waals surface area (Å²) in [6.45, 7) is 0. The van der Waals surface area contributed by atoms with Crippen LogP contribution in [-0.4, -0.2) is 25.9 Å². The molecule has 2 aliphatic carbocycles. The Labute approximate surface area is 113 Å². The normalized spacial score (nSPS) is 31.9. The maximum absolute atomic E-state index is 12.9. The Hall–Kier alpha value is -0.570. The van der Waals surface area contributed by atoms with Crippen LogP contribution in [0.15, 0.2) is 12.2 Å². The highest BCUT2D eigenvalue weighted by Crippen LogP contribution is 2.55. The van der Waals surface area contributed by atoms with E-state index in [1.165, 1.54) is 0 Å². The summed E-state index contributed by atoms with van der Waals surface area (Å²) in [6.07, 6.45) is -8.93. The molecular formula is C11H12F6O2S. The van der Waals surface area contributed by atoms with E-state index in [4.69, 9.17) is 4.55 Å². The Morgan fingerprint density at radius 3 is 1.90 bits per heavy atom. The molecule has 4 unspecified atom stereocenters. The summed E-state index contributed by atoms with van der Waals surface area (Å²) in [5.41, 5.74) is 0. The van der Waals surface area contributed by atoms with Crippen molar-refractivity contribution in [3.05, 3.63) is 12.2 Å². The van der Waals surface area contributed by atoms with E-state index in [9.17, 15) is 30.6 Å². The maximum atomic E-state index is 12.9. The van der Waals surface area contributed by atoms with Crippen molar-refractivity contribution >= 4 is 11.1 Å². The van der Waals surface area contributed by atoms with Gasteiger partial charge in [0.1, 0.15) is 0 Å². The van der Waals surface area contributed by atoms with Crippen LogP contribution in [0, 0.1) is 17.8 Å². The van der Waals surface area contributed by atoms with Crippen LogP contribution in [0.2, 0.25) is 0 Å². The van der Waals surface area contributed by atoms with E-state index in [1.54, 1.807) is 12.2 Å². The highest BCUT2D eigenvalue weighted by Gasteiger charge is 2.75. The van der Waals surface area contributed by atoms with Crippen LogP contribution in [0.3, 0.4) is 0 Å². The zero-order chi connectivity index (χ0) is 15.3. The Morgan fingerprint density at radius 1 is 1.05 bits per heavy atom. The van der Waals surface area contributed by atoms with Gasteiger partial charge in [-0.25, -0.2) is 4.21 Å². The summed E-state index contributed by atoms with van der Waals surface area (Å²) >= 11 is -4.07. The van der Waals surface area contributed by atoms with Crippen molar-refractivity contribution in [2.75, 3.05) is 0 Å². The molecular weight excluding hydrogens is 310 g/mol. The minimum Gasteiger partial charge on any atom is -0.305 e. The van der Waals surface area contributed by atoms with E-state index in [2.05, 4.69) is 0 Å². The van der Waals surface area contributed by atoms with Crippen molar-refractivity contribution < 1.29 is 35.1 Å². The molecule has 1 N–H and O–H groups in total. The molecule has 2 aliphatic rings.